The summed E-state index contributed by atoms with van der Waals surface area (Å²) in [6, 6.07) is 3.86. The van der Waals surface area contributed by atoms with Gasteiger partial charge in [0.1, 0.15) is 4.90 Å². The van der Waals surface area contributed by atoms with Crippen LogP contribution in [0.3, 0.4) is 0 Å². The van der Waals surface area contributed by atoms with Crippen LogP contribution in [0.5, 0.6) is 0 Å². The van der Waals surface area contributed by atoms with E-state index in [2.05, 4.69) is 4.99 Å². The molecule has 1 aromatic rings. The maximum absolute atomic E-state index is 12.5. The molecule has 0 atom stereocenters. The lowest BCUT2D eigenvalue weighted by atomic mass is 10.2. The van der Waals surface area contributed by atoms with Gasteiger partial charge in [-0.15, -0.1) is 0 Å². The van der Waals surface area contributed by atoms with Crippen LogP contribution in [0.1, 0.15) is 24.2 Å². The van der Waals surface area contributed by atoms with Gasteiger partial charge < -0.3 is 11.5 Å². The molecule has 4 N–H and O–H groups in total. The number of nitrogens with two attached hydrogens (primary N) is 2. The van der Waals surface area contributed by atoms with Crippen LogP contribution >= 0.6 is 11.6 Å². The fourth-order valence-electron chi connectivity index (χ4n) is 1.72. The lowest BCUT2D eigenvalue weighted by Crippen LogP contribution is -2.31. The second kappa shape index (κ2) is 6.88. The van der Waals surface area contributed by atoms with Crippen molar-refractivity contribution in [2.24, 2.45) is 16.5 Å². The highest BCUT2D eigenvalue weighted by Crippen LogP contribution is 2.26. The predicted molar refractivity (Wildman–Crippen MR) is 81.7 cm³/mol. The number of hydrogen-bond acceptors (Lipinski definition) is 3. The zero-order valence-electron chi connectivity index (χ0n) is 11.7. The molecule has 0 saturated carbocycles. The number of benzene rings is 1. The smallest absolute Gasteiger partial charge is 0.280 e. The van der Waals surface area contributed by atoms with Gasteiger partial charge in [0.05, 0.1) is 5.02 Å². The van der Waals surface area contributed by atoms with Crippen LogP contribution in [-0.2, 0) is 10.0 Å². The summed E-state index contributed by atoms with van der Waals surface area (Å²) in [5.74, 6) is -1.13. The molecule has 0 aliphatic carbocycles. The third-order valence-electron chi connectivity index (χ3n) is 2.73. The molecule has 0 aliphatic heterocycles. The molecule has 21 heavy (non-hydrogen) atoms. The molecule has 1 amide bonds. The monoisotopic (exact) mass is 332 g/mol. The van der Waals surface area contributed by atoms with E-state index in [1.807, 2.05) is 0 Å². The number of nitrogens with zero attached hydrogens (tertiary/aromatic N) is 2. The van der Waals surface area contributed by atoms with Gasteiger partial charge in [0, 0.05) is 18.7 Å². The molecular weight excluding hydrogens is 316 g/mol. The Kier molecular flexibility index (Phi) is 5.70. The van der Waals surface area contributed by atoms with Crippen LogP contribution in [0.15, 0.2) is 28.1 Å². The van der Waals surface area contributed by atoms with Crippen molar-refractivity contribution in [2.45, 2.75) is 18.7 Å². The van der Waals surface area contributed by atoms with Crippen LogP contribution < -0.4 is 11.5 Å². The van der Waals surface area contributed by atoms with Crippen molar-refractivity contribution in [1.29, 1.82) is 0 Å². The van der Waals surface area contributed by atoms with Crippen molar-refractivity contribution in [3.8, 4) is 0 Å². The average Bonchev–Trinajstić information content (AvgIpc) is 2.39. The van der Waals surface area contributed by atoms with Gasteiger partial charge >= 0.3 is 0 Å². The molecule has 0 fully saturated rings. The van der Waals surface area contributed by atoms with E-state index in [-0.39, 0.29) is 15.5 Å². The van der Waals surface area contributed by atoms with E-state index in [9.17, 15) is 13.2 Å². The highest BCUT2D eigenvalue weighted by atomic mass is 35.5. The normalized spacial score (nSPS) is 11.4. The van der Waals surface area contributed by atoms with Gasteiger partial charge in [-0.05, 0) is 18.2 Å². The van der Waals surface area contributed by atoms with Gasteiger partial charge in [0.2, 0.25) is 10.0 Å². The zero-order valence-corrected chi connectivity index (χ0v) is 13.3. The summed E-state index contributed by atoms with van der Waals surface area (Å²) < 4.78 is 26.2. The van der Waals surface area contributed by atoms with E-state index in [0.717, 1.165) is 0 Å². The molecule has 0 unspecified atom stereocenters. The van der Waals surface area contributed by atoms with E-state index >= 15 is 0 Å². The number of amides is 1. The minimum Gasteiger partial charge on any atom is -0.370 e. The van der Waals surface area contributed by atoms with E-state index in [1.165, 1.54) is 22.5 Å². The minimum atomic E-state index is -3.78. The third kappa shape index (κ3) is 3.93. The minimum absolute atomic E-state index is 0.0307. The Morgan fingerprint density at radius 3 is 2.33 bits per heavy atom. The number of sulfonamides is 1. The van der Waals surface area contributed by atoms with Crippen molar-refractivity contribution < 1.29 is 13.2 Å². The summed E-state index contributed by atoms with van der Waals surface area (Å²) in [6.45, 7) is 4.01. The summed E-state index contributed by atoms with van der Waals surface area (Å²) in [7, 11) is -3.78. The Labute approximate surface area is 128 Å². The highest BCUT2D eigenvalue weighted by Gasteiger charge is 2.25. The third-order valence-corrected chi connectivity index (χ3v) is 5.26. The fraction of sp³-hybridized carbons (Fsp3) is 0.333. The first-order chi connectivity index (χ1) is 9.73. The molecule has 116 valence electrons. The zero-order chi connectivity index (χ0) is 16.2. The van der Waals surface area contributed by atoms with Crippen molar-refractivity contribution in [2.75, 3.05) is 13.1 Å². The second-order valence-electron chi connectivity index (χ2n) is 4.08. The number of guanidine groups is 1. The van der Waals surface area contributed by atoms with Gasteiger partial charge in [-0.25, -0.2) is 8.42 Å². The Bertz CT molecular complexity index is 665. The molecule has 0 aromatic heterocycles. The maximum Gasteiger partial charge on any atom is 0.280 e. The van der Waals surface area contributed by atoms with Crippen LogP contribution in [0.2, 0.25) is 5.02 Å². The van der Waals surface area contributed by atoms with Gasteiger partial charge in [-0.1, -0.05) is 25.4 Å². The Hall–Kier alpha value is -1.64. The Morgan fingerprint density at radius 1 is 1.29 bits per heavy atom. The highest BCUT2D eigenvalue weighted by molar-refractivity contribution is 7.89. The van der Waals surface area contributed by atoms with Crippen LogP contribution in [-0.4, -0.2) is 37.7 Å². The van der Waals surface area contributed by atoms with Crippen molar-refractivity contribution >= 4 is 33.5 Å². The Morgan fingerprint density at radius 2 is 1.86 bits per heavy atom. The average molecular weight is 333 g/mol. The van der Waals surface area contributed by atoms with E-state index < -0.39 is 21.9 Å². The first-order valence-electron chi connectivity index (χ1n) is 6.17. The predicted octanol–water partition coefficient (Wildman–Crippen LogP) is 0.784. The summed E-state index contributed by atoms with van der Waals surface area (Å²) in [5, 5.41) is 0.0307. The van der Waals surface area contributed by atoms with Gasteiger partial charge in [-0.2, -0.15) is 9.30 Å². The number of rotatable bonds is 5. The number of aliphatic imine (C=N–C) groups is 1. The Balaban J connectivity index is 3.38. The first-order valence-corrected chi connectivity index (χ1v) is 7.99. The summed E-state index contributed by atoms with van der Waals surface area (Å²) in [6.07, 6.45) is 0. The molecule has 9 heteroatoms. The quantitative estimate of drug-likeness (QED) is 0.610. The number of carbonyl (C=O) groups is 1. The lowest BCUT2D eigenvalue weighted by molar-refractivity contribution is 0.100. The van der Waals surface area contributed by atoms with E-state index in [0.29, 0.717) is 13.1 Å². The molecule has 1 rings (SSSR count). The molecule has 0 aliphatic rings. The van der Waals surface area contributed by atoms with Crippen LogP contribution in [0.25, 0.3) is 0 Å². The molecule has 1 aromatic carbocycles. The summed E-state index contributed by atoms with van der Waals surface area (Å²) in [5.41, 5.74) is 10.3. The summed E-state index contributed by atoms with van der Waals surface area (Å²) in [4.78, 5) is 15.0. The number of carbonyl (C=O) groups excluding carboxylic acids is 1. The van der Waals surface area contributed by atoms with E-state index in [1.54, 1.807) is 13.8 Å². The molecule has 0 spiro atoms. The molecule has 0 saturated heterocycles. The SMILES string of the molecule is CCN(CC)S(=O)(=O)c1cc(C(=O)N=C(N)N)ccc1Cl. The largest absolute Gasteiger partial charge is 0.370 e. The maximum atomic E-state index is 12.5. The molecule has 0 radical (unpaired) electrons. The van der Waals surface area contributed by atoms with Crippen molar-refractivity contribution in [3.63, 3.8) is 0 Å². The number of halogens is 1. The van der Waals surface area contributed by atoms with E-state index in [4.69, 9.17) is 23.1 Å². The lowest BCUT2D eigenvalue weighted by Gasteiger charge is -2.19. The van der Waals surface area contributed by atoms with Crippen LogP contribution in [0.4, 0.5) is 0 Å². The topological polar surface area (TPSA) is 119 Å². The molecule has 0 bridgehead atoms. The summed E-state index contributed by atoms with van der Waals surface area (Å²) >= 11 is 5.95. The number of hydrogen-bond donors (Lipinski definition) is 2. The second-order valence-corrected chi connectivity index (χ2v) is 6.39. The molecular formula is C12H17ClN4O3S. The van der Waals surface area contributed by atoms with Gasteiger partial charge in [0.15, 0.2) is 5.96 Å². The van der Waals surface area contributed by atoms with Crippen molar-refractivity contribution in [3.05, 3.63) is 28.8 Å². The first kappa shape index (κ1) is 17.4. The van der Waals surface area contributed by atoms with Crippen molar-refractivity contribution in [1.82, 2.24) is 4.31 Å². The van der Waals surface area contributed by atoms with Crippen LogP contribution in [0, 0.1) is 0 Å². The van der Waals surface area contributed by atoms with Gasteiger partial charge in [0.25, 0.3) is 5.91 Å². The standard InChI is InChI=1S/C12H17ClN4O3S/c1-3-17(4-2)21(19,20)10-7-8(5-6-9(10)13)11(18)16-12(14)15/h5-7H,3-4H2,1-2H3,(H4,14,15,16,18). The molecule has 7 nitrogen and oxygen atoms in total. The molecule has 0 heterocycles. The fourth-order valence-corrected chi connectivity index (χ4v) is 3.68. The van der Waals surface area contributed by atoms with Gasteiger partial charge in [-0.3, -0.25) is 4.79 Å².